The number of rotatable bonds is 26. The quantitative estimate of drug-likeness (QED) is 0.0220. The van der Waals surface area contributed by atoms with E-state index in [0.29, 0.717) is 49.8 Å². The van der Waals surface area contributed by atoms with Crippen LogP contribution >= 0.6 is 0 Å². The number of ether oxygens (including phenoxy) is 4. The fourth-order valence-electron chi connectivity index (χ4n) is 5.97. The third-order valence-electron chi connectivity index (χ3n) is 9.15. The van der Waals surface area contributed by atoms with E-state index in [1.165, 1.54) is 32.6 Å². The number of nitrogens with one attached hydrogen (secondary N) is 1. The number of unbranched alkanes of at least 4 members (excludes halogenated alkanes) is 10. The molecular formula is C46H57N3O7. The van der Waals surface area contributed by atoms with Gasteiger partial charge in [0, 0.05) is 35.5 Å². The number of carbonyl (C=O) groups is 3. The highest BCUT2D eigenvalue weighted by Gasteiger charge is 2.09. The lowest BCUT2D eigenvalue weighted by molar-refractivity contribution is -0.141. The molecule has 0 aliphatic carbocycles. The molecular weight excluding hydrogens is 707 g/mol. The summed E-state index contributed by atoms with van der Waals surface area (Å²) in [5, 5.41) is 14.6. The van der Waals surface area contributed by atoms with Crippen LogP contribution in [-0.2, 0) is 30.3 Å². The smallest absolute Gasteiger partial charge is 0.338 e. The monoisotopic (exact) mass is 763 g/mol. The molecule has 0 aliphatic heterocycles. The van der Waals surface area contributed by atoms with Crippen molar-refractivity contribution in [1.82, 2.24) is 0 Å². The molecule has 10 nitrogen and oxygen atoms in total. The SMILES string of the molecule is C=C(C)C(=O)OCCCCCCCCCCOc1ccc(CNc2ccc(N=Nc3ccc(C(=O)OCCCCCCOC(C)=O)cc3)c3ccccc23)cc1. The number of carbonyl (C=O) groups excluding carboxylic acids is 3. The van der Waals surface area contributed by atoms with E-state index in [2.05, 4.69) is 40.3 Å². The Kier molecular flexibility index (Phi) is 19.1. The van der Waals surface area contributed by atoms with Gasteiger partial charge < -0.3 is 24.3 Å². The lowest BCUT2D eigenvalue weighted by Gasteiger charge is -2.12. The second kappa shape index (κ2) is 24.8. The van der Waals surface area contributed by atoms with Gasteiger partial charge in [0.25, 0.3) is 0 Å². The van der Waals surface area contributed by atoms with E-state index in [9.17, 15) is 14.4 Å². The fourth-order valence-corrected chi connectivity index (χ4v) is 5.97. The van der Waals surface area contributed by atoms with Crippen LogP contribution in [0.3, 0.4) is 0 Å². The second-order valence-electron chi connectivity index (χ2n) is 13.9. The van der Waals surface area contributed by atoms with Gasteiger partial charge in [-0.15, -0.1) is 5.11 Å². The van der Waals surface area contributed by atoms with E-state index in [1.807, 2.05) is 42.5 Å². The Morgan fingerprint density at radius 2 is 1.16 bits per heavy atom. The number of hydrogen-bond donors (Lipinski definition) is 1. The summed E-state index contributed by atoms with van der Waals surface area (Å²) >= 11 is 0. The third-order valence-corrected chi connectivity index (χ3v) is 9.15. The molecule has 0 heterocycles. The molecule has 0 aliphatic rings. The van der Waals surface area contributed by atoms with E-state index in [0.717, 1.165) is 84.8 Å². The minimum absolute atomic E-state index is 0.264. The zero-order valence-electron chi connectivity index (χ0n) is 33.1. The van der Waals surface area contributed by atoms with Crippen molar-refractivity contribution in [2.24, 2.45) is 10.2 Å². The van der Waals surface area contributed by atoms with Gasteiger partial charge in [-0.25, -0.2) is 9.59 Å². The Bertz CT molecular complexity index is 1860. The van der Waals surface area contributed by atoms with Crippen molar-refractivity contribution in [3.05, 3.63) is 108 Å². The predicted octanol–water partition coefficient (Wildman–Crippen LogP) is 11.8. The molecule has 0 bridgehead atoms. The summed E-state index contributed by atoms with van der Waals surface area (Å²) in [6, 6.07) is 27.3. The highest BCUT2D eigenvalue weighted by atomic mass is 16.5. The Balaban J connectivity index is 1.14. The van der Waals surface area contributed by atoms with Gasteiger partial charge in [-0.3, -0.25) is 4.79 Å². The van der Waals surface area contributed by atoms with Crippen molar-refractivity contribution in [2.75, 3.05) is 31.7 Å². The molecule has 10 heteroatoms. The van der Waals surface area contributed by atoms with E-state index < -0.39 is 0 Å². The molecule has 0 radical (unpaired) electrons. The van der Waals surface area contributed by atoms with Crippen LogP contribution in [0.1, 0.15) is 107 Å². The van der Waals surface area contributed by atoms with E-state index in [-0.39, 0.29) is 17.9 Å². The lowest BCUT2D eigenvalue weighted by Crippen LogP contribution is -2.06. The minimum Gasteiger partial charge on any atom is -0.494 e. The minimum atomic E-state index is -0.369. The lowest BCUT2D eigenvalue weighted by atomic mass is 10.1. The predicted molar refractivity (Wildman–Crippen MR) is 222 cm³/mol. The molecule has 1 N–H and O–H groups in total. The van der Waals surface area contributed by atoms with Crippen molar-refractivity contribution in [3.8, 4) is 5.75 Å². The topological polar surface area (TPSA) is 125 Å². The van der Waals surface area contributed by atoms with Gasteiger partial charge in [0.2, 0.25) is 0 Å². The zero-order valence-corrected chi connectivity index (χ0v) is 33.1. The van der Waals surface area contributed by atoms with Gasteiger partial charge in [0.05, 0.1) is 43.4 Å². The van der Waals surface area contributed by atoms with Crippen LogP contribution in [0.25, 0.3) is 10.8 Å². The summed E-state index contributed by atoms with van der Waals surface area (Å²) in [6.45, 7) is 9.30. The Morgan fingerprint density at radius 1 is 0.589 bits per heavy atom. The first-order valence-electron chi connectivity index (χ1n) is 19.9. The third kappa shape index (κ3) is 16.1. The van der Waals surface area contributed by atoms with Crippen LogP contribution in [-0.4, -0.2) is 44.3 Å². The van der Waals surface area contributed by atoms with Crippen molar-refractivity contribution >= 4 is 45.7 Å². The summed E-state index contributed by atoms with van der Waals surface area (Å²) in [6.07, 6.45) is 12.4. The molecule has 0 fully saturated rings. The largest absolute Gasteiger partial charge is 0.494 e. The molecule has 0 saturated carbocycles. The standard InChI is InChI=1S/C46H57N3O7/c1-35(2)45(51)55-32-16-9-7-5-4-6-8-15-31-54-40-26-20-37(21-27-40)34-47-43-28-29-44(42-19-13-12-18-41(42)43)49-48-39-24-22-38(23-25-39)46(52)56-33-17-11-10-14-30-53-36(3)50/h12-13,18-29,47H,1,4-11,14-17,30-34H2,2-3H3. The molecule has 4 aromatic rings. The maximum Gasteiger partial charge on any atom is 0.338 e. The number of azo groups is 1. The van der Waals surface area contributed by atoms with E-state index in [4.69, 9.17) is 18.9 Å². The molecule has 56 heavy (non-hydrogen) atoms. The van der Waals surface area contributed by atoms with Gasteiger partial charge in [-0.2, -0.15) is 5.11 Å². The highest BCUT2D eigenvalue weighted by Crippen LogP contribution is 2.33. The van der Waals surface area contributed by atoms with Crippen LogP contribution in [0.5, 0.6) is 5.75 Å². The number of nitrogens with zero attached hydrogens (tertiary/aromatic N) is 2. The van der Waals surface area contributed by atoms with Crippen LogP contribution in [0.4, 0.5) is 17.1 Å². The normalized spacial score (nSPS) is 11.0. The summed E-state index contributed by atoms with van der Waals surface area (Å²) in [5.41, 5.74) is 4.46. The van der Waals surface area contributed by atoms with Gasteiger partial charge >= 0.3 is 17.9 Å². The van der Waals surface area contributed by atoms with Crippen molar-refractivity contribution in [3.63, 3.8) is 0 Å². The molecule has 4 aromatic carbocycles. The summed E-state index contributed by atoms with van der Waals surface area (Å²) in [5.74, 6) is -0.0482. The van der Waals surface area contributed by atoms with Crippen LogP contribution in [0, 0.1) is 0 Å². The molecule has 0 amide bonds. The summed E-state index contributed by atoms with van der Waals surface area (Å²) in [7, 11) is 0. The zero-order chi connectivity index (χ0) is 39.8. The van der Waals surface area contributed by atoms with Gasteiger partial charge in [-0.05, 0) is 99.5 Å². The van der Waals surface area contributed by atoms with Crippen molar-refractivity contribution in [2.45, 2.75) is 97.4 Å². The van der Waals surface area contributed by atoms with Gasteiger partial charge in [0.15, 0.2) is 0 Å². The van der Waals surface area contributed by atoms with Gasteiger partial charge in [-0.1, -0.05) is 81.5 Å². The average molecular weight is 764 g/mol. The van der Waals surface area contributed by atoms with Crippen molar-refractivity contribution in [1.29, 1.82) is 0 Å². The molecule has 0 spiro atoms. The van der Waals surface area contributed by atoms with Crippen LogP contribution in [0.15, 0.2) is 107 Å². The van der Waals surface area contributed by atoms with Crippen LogP contribution in [0.2, 0.25) is 0 Å². The average Bonchev–Trinajstić information content (AvgIpc) is 3.21. The molecule has 4 rings (SSSR count). The molecule has 0 atom stereocenters. The first-order valence-corrected chi connectivity index (χ1v) is 19.9. The summed E-state index contributed by atoms with van der Waals surface area (Å²) < 4.78 is 21.5. The van der Waals surface area contributed by atoms with Gasteiger partial charge in [0.1, 0.15) is 5.75 Å². The molecule has 0 saturated heterocycles. The Labute approximate surface area is 331 Å². The molecule has 298 valence electrons. The number of anilines is 1. The number of hydrogen-bond acceptors (Lipinski definition) is 10. The highest BCUT2D eigenvalue weighted by molar-refractivity contribution is 6.00. The Morgan fingerprint density at radius 3 is 1.79 bits per heavy atom. The number of benzene rings is 4. The first-order chi connectivity index (χ1) is 27.3. The van der Waals surface area contributed by atoms with E-state index >= 15 is 0 Å². The van der Waals surface area contributed by atoms with Crippen molar-refractivity contribution < 1.29 is 33.3 Å². The number of fused-ring (bicyclic) bond motifs is 1. The van der Waals surface area contributed by atoms with Crippen LogP contribution < -0.4 is 10.1 Å². The summed E-state index contributed by atoms with van der Waals surface area (Å²) in [4.78, 5) is 34.6. The number of esters is 3. The first kappa shape index (κ1) is 43.2. The molecule has 0 unspecified atom stereocenters. The Hall–Kier alpha value is -5.51. The maximum absolute atomic E-state index is 12.5. The second-order valence-corrected chi connectivity index (χ2v) is 13.9. The molecule has 0 aromatic heterocycles. The maximum atomic E-state index is 12.5. The van der Waals surface area contributed by atoms with E-state index in [1.54, 1.807) is 31.2 Å². The fraction of sp³-hybridized carbons (Fsp3) is 0.413.